The number of rotatable bonds is 3. The van der Waals surface area contributed by atoms with Gasteiger partial charge in [-0.2, -0.15) is 0 Å². The van der Waals surface area contributed by atoms with Crippen LogP contribution in [0.1, 0.15) is 24.6 Å². The Hall–Kier alpha value is -2.15. The Bertz CT molecular complexity index is 651. The minimum absolute atomic E-state index is 0.0264. The van der Waals surface area contributed by atoms with E-state index in [0.717, 1.165) is 25.2 Å². The topological polar surface area (TPSA) is 65.2 Å². The lowest BCUT2D eigenvalue weighted by atomic mass is 10.00. The summed E-state index contributed by atoms with van der Waals surface area (Å²) in [6.07, 6.45) is 7.15. The summed E-state index contributed by atoms with van der Waals surface area (Å²) in [5.74, 6) is 0.195. The molecule has 2 atom stereocenters. The van der Waals surface area contributed by atoms with Gasteiger partial charge in [0.1, 0.15) is 0 Å². The number of aromatic nitrogens is 4. The van der Waals surface area contributed by atoms with Crippen molar-refractivity contribution in [2.45, 2.75) is 38.1 Å². The molecule has 2 aliphatic rings. The Morgan fingerprint density at radius 3 is 3.09 bits per heavy atom. The summed E-state index contributed by atoms with van der Waals surface area (Å²) in [7, 11) is 0. The van der Waals surface area contributed by atoms with E-state index in [0.29, 0.717) is 19.6 Å². The lowest BCUT2D eigenvalue weighted by Crippen LogP contribution is -2.50. The van der Waals surface area contributed by atoms with E-state index in [1.165, 1.54) is 0 Å². The van der Waals surface area contributed by atoms with Crippen molar-refractivity contribution in [3.05, 3.63) is 36.4 Å². The zero-order valence-electron chi connectivity index (χ0n) is 12.3. The van der Waals surface area contributed by atoms with Gasteiger partial charge in [-0.1, -0.05) is 5.21 Å². The molecular weight excluding hydrogens is 282 g/mol. The summed E-state index contributed by atoms with van der Waals surface area (Å²) in [6, 6.07) is 4.16. The fraction of sp³-hybridized carbons (Fsp3) is 0.533. The van der Waals surface area contributed by atoms with Gasteiger partial charge in [0.2, 0.25) is 5.91 Å². The molecule has 0 radical (unpaired) electrons. The van der Waals surface area contributed by atoms with E-state index in [1.807, 2.05) is 38.7 Å². The van der Waals surface area contributed by atoms with Gasteiger partial charge in [0, 0.05) is 38.4 Å². The average Bonchev–Trinajstić information content (AvgIpc) is 3.23. The molecule has 2 aliphatic heterocycles. The molecule has 0 saturated carbocycles. The first-order valence-electron chi connectivity index (χ1n) is 7.70. The Labute approximate surface area is 128 Å². The van der Waals surface area contributed by atoms with Crippen LogP contribution in [0.4, 0.5) is 0 Å². The third kappa shape index (κ3) is 2.41. The Balaban J connectivity index is 1.37. The number of carbonyl (C=O) groups is 1. The molecule has 2 aromatic rings. The van der Waals surface area contributed by atoms with Crippen molar-refractivity contribution in [3.8, 4) is 0 Å². The number of amides is 1. The first kappa shape index (κ1) is 13.5. The van der Waals surface area contributed by atoms with Gasteiger partial charge in [0.15, 0.2) is 0 Å². The van der Waals surface area contributed by atoms with Gasteiger partial charge in [-0.3, -0.25) is 4.79 Å². The highest BCUT2D eigenvalue weighted by Crippen LogP contribution is 2.30. The maximum atomic E-state index is 12.4. The SMILES string of the molecule is O=C(CCn1cccc1)N1CC[C@H]2[C@H](C1)OCc1cnnn12. The lowest BCUT2D eigenvalue weighted by Gasteiger charge is -2.41. The number of carbonyl (C=O) groups excluding carboxylic acids is 1. The molecule has 7 nitrogen and oxygen atoms in total. The van der Waals surface area contributed by atoms with Crippen LogP contribution in [0.15, 0.2) is 30.7 Å². The largest absolute Gasteiger partial charge is 0.368 e. The quantitative estimate of drug-likeness (QED) is 0.843. The number of likely N-dealkylation sites (tertiary alicyclic amines) is 1. The normalized spacial score (nSPS) is 23.9. The van der Waals surface area contributed by atoms with E-state index in [-0.39, 0.29) is 18.1 Å². The first-order chi connectivity index (χ1) is 10.8. The second kappa shape index (κ2) is 5.57. The summed E-state index contributed by atoms with van der Waals surface area (Å²) < 4.78 is 9.90. The van der Waals surface area contributed by atoms with Gasteiger partial charge in [0.05, 0.1) is 30.6 Å². The van der Waals surface area contributed by atoms with Crippen molar-refractivity contribution in [2.75, 3.05) is 13.1 Å². The van der Waals surface area contributed by atoms with Gasteiger partial charge in [-0.15, -0.1) is 5.10 Å². The molecule has 4 rings (SSSR count). The lowest BCUT2D eigenvalue weighted by molar-refractivity contribution is -0.139. The van der Waals surface area contributed by atoms with Gasteiger partial charge >= 0.3 is 0 Å². The Morgan fingerprint density at radius 2 is 2.23 bits per heavy atom. The molecule has 0 aliphatic carbocycles. The number of hydrogen-bond acceptors (Lipinski definition) is 4. The number of aryl methyl sites for hydroxylation is 1. The fourth-order valence-corrected chi connectivity index (χ4v) is 3.32. The maximum absolute atomic E-state index is 12.4. The molecule has 1 fully saturated rings. The summed E-state index contributed by atoms with van der Waals surface area (Å²) in [6.45, 7) is 2.66. The van der Waals surface area contributed by atoms with Crippen LogP contribution in [-0.4, -0.2) is 49.6 Å². The van der Waals surface area contributed by atoms with Crippen LogP contribution in [0.3, 0.4) is 0 Å². The Morgan fingerprint density at radius 1 is 1.36 bits per heavy atom. The van der Waals surface area contributed by atoms with Crippen LogP contribution in [-0.2, 0) is 22.7 Å². The molecule has 0 aromatic carbocycles. The van der Waals surface area contributed by atoms with Crippen LogP contribution in [0.5, 0.6) is 0 Å². The maximum Gasteiger partial charge on any atom is 0.224 e. The van der Waals surface area contributed by atoms with Crippen molar-refractivity contribution < 1.29 is 9.53 Å². The van der Waals surface area contributed by atoms with Gasteiger partial charge < -0.3 is 14.2 Å². The first-order valence-corrected chi connectivity index (χ1v) is 7.70. The van der Waals surface area contributed by atoms with E-state index in [9.17, 15) is 4.79 Å². The Kier molecular flexibility index (Phi) is 3.42. The number of hydrogen-bond donors (Lipinski definition) is 0. The molecule has 7 heteroatoms. The van der Waals surface area contributed by atoms with E-state index in [1.54, 1.807) is 6.20 Å². The predicted molar refractivity (Wildman–Crippen MR) is 77.9 cm³/mol. The molecule has 22 heavy (non-hydrogen) atoms. The number of nitrogens with zero attached hydrogens (tertiary/aromatic N) is 5. The second-order valence-electron chi connectivity index (χ2n) is 5.89. The summed E-state index contributed by atoms with van der Waals surface area (Å²) in [5, 5.41) is 8.12. The van der Waals surface area contributed by atoms with Gasteiger partial charge in [-0.05, 0) is 18.6 Å². The van der Waals surface area contributed by atoms with E-state index in [2.05, 4.69) is 10.3 Å². The molecule has 1 saturated heterocycles. The molecule has 116 valence electrons. The summed E-state index contributed by atoms with van der Waals surface area (Å²) >= 11 is 0. The predicted octanol–water partition coefficient (Wildman–Crippen LogP) is 0.842. The number of ether oxygens (including phenoxy) is 1. The highest BCUT2D eigenvalue weighted by molar-refractivity contribution is 5.76. The van der Waals surface area contributed by atoms with Crippen LogP contribution in [0.2, 0.25) is 0 Å². The molecule has 1 amide bonds. The van der Waals surface area contributed by atoms with Crippen molar-refractivity contribution in [3.63, 3.8) is 0 Å². The van der Waals surface area contributed by atoms with Crippen molar-refractivity contribution in [2.24, 2.45) is 0 Å². The second-order valence-corrected chi connectivity index (χ2v) is 5.89. The van der Waals surface area contributed by atoms with Crippen LogP contribution in [0.25, 0.3) is 0 Å². The molecule has 2 aromatic heterocycles. The highest BCUT2D eigenvalue weighted by Gasteiger charge is 2.37. The smallest absolute Gasteiger partial charge is 0.224 e. The minimum Gasteiger partial charge on any atom is -0.368 e. The van der Waals surface area contributed by atoms with Crippen LogP contribution >= 0.6 is 0 Å². The average molecular weight is 301 g/mol. The standard InChI is InChI=1S/C15H19N5O2/c21-15(4-7-18-5-1-2-6-18)19-8-3-13-14(10-19)22-11-12-9-16-17-20(12)13/h1-2,5-6,9,13-14H,3-4,7-8,10-11H2/t13-,14-/m0/s1. The third-order valence-electron chi connectivity index (χ3n) is 4.54. The van der Waals surface area contributed by atoms with Crippen LogP contribution in [0, 0.1) is 0 Å². The van der Waals surface area contributed by atoms with Crippen LogP contribution < -0.4 is 0 Å². The summed E-state index contributed by atoms with van der Waals surface area (Å²) in [4.78, 5) is 14.3. The third-order valence-corrected chi connectivity index (χ3v) is 4.54. The molecular formula is C15H19N5O2. The fourth-order valence-electron chi connectivity index (χ4n) is 3.32. The zero-order valence-corrected chi connectivity index (χ0v) is 12.3. The van der Waals surface area contributed by atoms with E-state index >= 15 is 0 Å². The van der Waals surface area contributed by atoms with Crippen molar-refractivity contribution >= 4 is 5.91 Å². The molecule has 0 bridgehead atoms. The van der Waals surface area contributed by atoms with Crippen molar-refractivity contribution in [1.82, 2.24) is 24.5 Å². The summed E-state index contributed by atoms with van der Waals surface area (Å²) in [5.41, 5.74) is 1.02. The highest BCUT2D eigenvalue weighted by atomic mass is 16.5. The van der Waals surface area contributed by atoms with Gasteiger partial charge in [0.25, 0.3) is 0 Å². The van der Waals surface area contributed by atoms with Crippen molar-refractivity contribution in [1.29, 1.82) is 0 Å². The molecule has 0 unspecified atom stereocenters. The minimum atomic E-state index is 0.0264. The van der Waals surface area contributed by atoms with Gasteiger partial charge in [-0.25, -0.2) is 4.68 Å². The molecule has 4 heterocycles. The zero-order chi connectivity index (χ0) is 14.9. The molecule has 0 N–H and O–H groups in total. The number of piperidine rings is 1. The molecule has 0 spiro atoms. The number of fused-ring (bicyclic) bond motifs is 3. The monoisotopic (exact) mass is 301 g/mol. The van der Waals surface area contributed by atoms with E-state index < -0.39 is 0 Å². The van der Waals surface area contributed by atoms with E-state index in [4.69, 9.17) is 4.74 Å².